The molecular weight excluding hydrogens is 220 g/mol. The summed E-state index contributed by atoms with van der Waals surface area (Å²) in [4.78, 5) is 2.72. The van der Waals surface area contributed by atoms with Crippen LogP contribution in [0.1, 0.15) is 32.6 Å². The van der Waals surface area contributed by atoms with Crippen LogP contribution in [0, 0.1) is 17.8 Å². The van der Waals surface area contributed by atoms with E-state index in [-0.39, 0.29) is 12.4 Å². The van der Waals surface area contributed by atoms with E-state index < -0.39 is 0 Å². The van der Waals surface area contributed by atoms with E-state index in [0.717, 1.165) is 23.8 Å². The Morgan fingerprint density at radius 2 is 2.12 bits per heavy atom. The fourth-order valence-corrected chi connectivity index (χ4v) is 4.06. The second-order valence-electron chi connectivity index (χ2n) is 5.98. The summed E-state index contributed by atoms with van der Waals surface area (Å²) in [5.41, 5.74) is 0. The largest absolute Gasteiger partial charge is 0.314 e. The van der Waals surface area contributed by atoms with Gasteiger partial charge in [-0.25, -0.2) is 0 Å². The minimum absolute atomic E-state index is 0. The first-order valence-corrected chi connectivity index (χ1v) is 6.77. The van der Waals surface area contributed by atoms with Crippen LogP contribution in [-0.2, 0) is 0 Å². The van der Waals surface area contributed by atoms with Crippen molar-refractivity contribution in [3.8, 4) is 0 Å². The molecule has 1 N–H and O–H groups in total. The van der Waals surface area contributed by atoms with E-state index in [1.54, 1.807) is 12.8 Å². The van der Waals surface area contributed by atoms with Crippen LogP contribution in [-0.4, -0.2) is 37.1 Å². The number of halogens is 1. The molecule has 1 heterocycles. The van der Waals surface area contributed by atoms with Gasteiger partial charge in [0.2, 0.25) is 0 Å². The molecule has 0 radical (unpaired) electrons. The summed E-state index contributed by atoms with van der Waals surface area (Å²) in [5.74, 6) is 3.25. The maximum Gasteiger partial charge on any atom is 0.0193 e. The standard InChI is InChI=1S/C13H24N2.ClH/c1-10-8-14-4-5-15(10)9-13-7-11-2-3-12(13)6-11;/h10-14H,2-9H2,1H3;1H. The summed E-state index contributed by atoms with van der Waals surface area (Å²) >= 11 is 0. The molecule has 2 saturated carbocycles. The molecule has 16 heavy (non-hydrogen) atoms. The maximum atomic E-state index is 3.48. The van der Waals surface area contributed by atoms with Crippen LogP contribution >= 0.6 is 12.4 Å². The highest BCUT2D eigenvalue weighted by Crippen LogP contribution is 2.48. The Hall–Kier alpha value is 0.210. The molecule has 3 rings (SSSR count). The summed E-state index contributed by atoms with van der Waals surface area (Å²) in [6.07, 6.45) is 6.18. The Morgan fingerprint density at radius 3 is 2.75 bits per heavy atom. The molecule has 0 spiro atoms. The van der Waals surface area contributed by atoms with Crippen LogP contribution in [0.3, 0.4) is 0 Å². The van der Waals surface area contributed by atoms with Gasteiger partial charge < -0.3 is 5.32 Å². The first kappa shape index (κ1) is 12.7. The van der Waals surface area contributed by atoms with E-state index in [2.05, 4.69) is 17.1 Å². The molecule has 3 heteroatoms. The summed E-state index contributed by atoms with van der Waals surface area (Å²) in [6.45, 7) is 7.43. The Balaban J connectivity index is 0.000000963. The Morgan fingerprint density at radius 1 is 1.25 bits per heavy atom. The zero-order chi connectivity index (χ0) is 10.3. The highest BCUT2D eigenvalue weighted by Gasteiger charge is 2.40. The number of hydrogen-bond donors (Lipinski definition) is 1. The van der Waals surface area contributed by atoms with Gasteiger partial charge in [-0.1, -0.05) is 6.42 Å². The zero-order valence-electron chi connectivity index (χ0n) is 10.3. The Labute approximate surface area is 106 Å². The first-order chi connectivity index (χ1) is 7.33. The Bertz CT molecular complexity index is 234. The molecule has 3 fully saturated rings. The number of rotatable bonds is 2. The van der Waals surface area contributed by atoms with Crippen LogP contribution in [0.4, 0.5) is 0 Å². The lowest BCUT2D eigenvalue weighted by Crippen LogP contribution is -2.51. The molecule has 0 amide bonds. The van der Waals surface area contributed by atoms with Crippen molar-refractivity contribution in [2.24, 2.45) is 17.8 Å². The molecule has 2 nitrogen and oxygen atoms in total. The molecule has 0 aromatic carbocycles. The molecule has 2 bridgehead atoms. The maximum absolute atomic E-state index is 3.48. The number of hydrogen-bond acceptors (Lipinski definition) is 2. The van der Waals surface area contributed by atoms with Crippen molar-refractivity contribution in [3.05, 3.63) is 0 Å². The fraction of sp³-hybridized carbons (Fsp3) is 1.00. The summed E-state index contributed by atoms with van der Waals surface area (Å²) in [5, 5.41) is 3.48. The lowest BCUT2D eigenvalue weighted by Gasteiger charge is -2.37. The monoisotopic (exact) mass is 244 g/mol. The van der Waals surface area contributed by atoms with Gasteiger partial charge in [0, 0.05) is 32.2 Å². The van der Waals surface area contributed by atoms with Crippen LogP contribution in [0.25, 0.3) is 0 Å². The minimum atomic E-state index is 0. The predicted molar refractivity (Wildman–Crippen MR) is 70.1 cm³/mol. The zero-order valence-corrected chi connectivity index (χ0v) is 11.1. The van der Waals surface area contributed by atoms with Crippen LogP contribution in [0.5, 0.6) is 0 Å². The SMILES string of the molecule is CC1CNCCN1CC1CC2CCC1C2.Cl. The number of nitrogens with zero attached hydrogens (tertiary/aromatic N) is 1. The van der Waals surface area contributed by atoms with Crippen LogP contribution in [0.15, 0.2) is 0 Å². The number of fused-ring (bicyclic) bond motifs is 2. The smallest absolute Gasteiger partial charge is 0.0193 e. The molecular formula is C13H25ClN2. The van der Waals surface area contributed by atoms with Gasteiger partial charge in [-0.15, -0.1) is 12.4 Å². The molecule has 0 aromatic rings. The highest BCUT2D eigenvalue weighted by molar-refractivity contribution is 5.85. The summed E-state index contributed by atoms with van der Waals surface area (Å²) < 4.78 is 0. The Kier molecular flexibility index (Phi) is 4.15. The average molecular weight is 245 g/mol. The topological polar surface area (TPSA) is 15.3 Å². The molecule has 94 valence electrons. The van der Waals surface area contributed by atoms with Gasteiger partial charge in [0.25, 0.3) is 0 Å². The third kappa shape index (κ3) is 2.39. The lowest BCUT2D eigenvalue weighted by molar-refractivity contribution is 0.127. The lowest BCUT2D eigenvalue weighted by atomic mass is 9.88. The van der Waals surface area contributed by atoms with Crippen molar-refractivity contribution in [3.63, 3.8) is 0 Å². The fourth-order valence-electron chi connectivity index (χ4n) is 4.06. The van der Waals surface area contributed by atoms with Gasteiger partial charge >= 0.3 is 0 Å². The quantitative estimate of drug-likeness (QED) is 0.801. The van der Waals surface area contributed by atoms with E-state index in [4.69, 9.17) is 0 Å². The summed E-state index contributed by atoms with van der Waals surface area (Å²) in [6, 6.07) is 0.762. The second kappa shape index (κ2) is 5.24. The third-order valence-corrected chi connectivity index (χ3v) is 4.99. The van der Waals surface area contributed by atoms with E-state index in [1.807, 2.05) is 0 Å². The molecule has 1 aliphatic heterocycles. The van der Waals surface area contributed by atoms with E-state index in [0.29, 0.717) is 0 Å². The molecule has 1 saturated heterocycles. The van der Waals surface area contributed by atoms with E-state index >= 15 is 0 Å². The van der Waals surface area contributed by atoms with Crippen molar-refractivity contribution >= 4 is 12.4 Å². The van der Waals surface area contributed by atoms with Crippen molar-refractivity contribution in [2.75, 3.05) is 26.2 Å². The molecule has 0 aromatic heterocycles. The molecule has 3 aliphatic rings. The van der Waals surface area contributed by atoms with Gasteiger partial charge in [-0.05, 0) is 43.9 Å². The second-order valence-corrected chi connectivity index (χ2v) is 5.98. The van der Waals surface area contributed by atoms with Crippen molar-refractivity contribution in [1.29, 1.82) is 0 Å². The third-order valence-electron chi connectivity index (χ3n) is 4.99. The van der Waals surface area contributed by atoms with Crippen molar-refractivity contribution < 1.29 is 0 Å². The van der Waals surface area contributed by atoms with Crippen LogP contribution in [0.2, 0.25) is 0 Å². The minimum Gasteiger partial charge on any atom is -0.314 e. The predicted octanol–water partition coefficient (Wildman–Crippen LogP) is 2.14. The van der Waals surface area contributed by atoms with E-state index in [1.165, 1.54) is 39.0 Å². The van der Waals surface area contributed by atoms with Gasteiger partial charge in [0.1, 0.15) is 0 Å². The van der Waals surface area contributed by atoms with Crippen molar-refractivity contribution in [1.82, 2.24) is 10.2 Å². The molecule has 2 aliphatic carbocycles. The van der Waals surface area contributed by atoms with Gasteiger partial charge in [-0.2, -0.15) is 0 Å². The van der Waals surface area contributed by atoms with Crippen LogP contribution < -0.4 is 5.32 Å². The number of nitrogens with one attached hydrogen (secondary N) is 1. The highest BCUT2D eigenvalue weighted by atomic mass is 35.5. The van der Waals surface area contributed by atoms with Gasteiger partial charge in [0.15, 0.2) is 0 Å². The van der Waals surface area contributed by atoms with Gasteiger partial charge in [-0.3, -0.25) is 4.90 Å². The molecule has 4 unspecified atom stereocenters. The van der Waals surface area contributed by atoms with Gasteiger partial charge in [0.05, 0.1) is 0 Å². The van der Waals surface area contributed by atoms with E-state index in [9.17, 15) is 0 Å². The first-order valence-electron chi connectivity index (χ1n) is 6.77. The van der Waals surface area contributed by atoms with Crippen molar-refractivity contribution in [2.45, 2.75) is 38.6 Å². The normalized spacial score (nSPS) is 43.3. The molecule has 4 atom stereocenters. The summed E-state index contributed by atoms with van der Waals surface area (Å²) in [7, 11) is 0. The average Bonchev–Trinajstić information content (AvgIpc) is 2.83. The number of piperazine rings is 1.